The third kappa shape index (κ3) is 6.43. The summed E-state index contributed by atoms with van der Waals surface area (Å²) in [6, 6.07) is 6.15. The number of aryl methyl sites for hydroxylation is 1. The minimum absolute atomic E-state index is 0.0876. The second-order valence-electron chi connectivity index (χ2n) is 9.56. The van der Waals surface area contributed by atoms with Gasteiger partial charge in [0.1, 0.15) is 17.5 Å². The number of sulfonamides is 1. The fourth-order valence-corrected chi connectivity index (χ4v) is 6.44. The lowest BCUT2D eigenvalue weighted by atomic mass is 10.2. The van der Waals surface area contributed by atoms with E-state index in [1.807, 2.05) is 0 Å². The summed E-state index contributed by atoms with van der Waals surface area (Å²) in [5.41, 5.74) is 7.06. The number of hydrogen-bond donors (Lipinski definition) is 2. The van der Waals surface area contributed by atoms with Crippen molar-refractivity contribution in [1.82, 2.24) is 19.2 Å². The van der Waals surface area contributed by atoms with Crippen LogP contribution >= 0.6 is 0 Å². The third-order valence-corrected chi connectivity index (χ3v) is 8.70. The Morgan fingerprint density at radius 1 is 1.14 bits per heavy atom. The highest BCUT2D eigenvalue weighted by molar-refractivity contribution is 7.89. The average molecular weight is 531 g/mol. The summed E-state index contributed by atoms with van der Waals surface area (Å²) in [7, 11) is -3.83. The predicted molar refractivity (Wildman–Crippen MR) is 139 cm³/mol. The molecular formula is C25H34N6O5S. The van der Waals surface area contributed by atoms with E-state index in [9.17, 15) is 18.0 Å². The highest BCUT2D eigenvalue weighted by Gasteiger charge is 2.31. The molecule has 2 aliphatic heterocycles. The zero-order valence-electron chi connectivity index (χ0n) is 21.1. The number of nitrogen functional groups attached to an aromatic ring is 1. The van der Waals surface area contributed by atoms with Crippen LogP contribution in [-0.2, 0) is 32.5 Å². The second kappa shape index (κ2) is 11.5. The number of amides is 1. The van der Waals surface area contributed by atoms with E-state index in [0.29, 0.717) is 67.6 Å². The fraction of sp³-hybridized carbons (Fsp3) is 0.520. The first-order chi connectivity index (χ1) is 17.6. The molecule has 0 saturated carbocycles. The first kappa shape index (κ1) is 27.0. The number of unbranched alkanes of at least 4 members (excludes halogenated alkanes) is 1. The lowest BCUT2D eigenvalue weighted by molar-refractivity contribution is -0.136. The quantitative estimate of drug-likeness (QED) is 0.389. The molecule has 1 aromatic heterocycles. The Balaban J connectivity index is 1.44. The van der Waals surface area contributed by atoms with Crippen LogP contribution in [0.2, 0.25) is 0 Å². The van der Waals surface area contributed by atoms with E-state index in [2.05, 4.69) is 14.9 Å². The number of likely N-dealkylation sites (tertiary alicyclic amines) is 1. The largest absolute Gasteiger partial charge is 0.481 e. The maximum Gasteiger partial charge on any atom is 0.307 e. The molecule has 0 bridgehead atoms. The summed E-state index contributed by atoms with van der Waals surface area (Å²) < 4.78 is 28.6. The number of hydrogen-bond acceptors (Lipinski definition) is 8. The predicted octanol–water partition coefficient (Wildman–Crippen LogP) is 1.45. The molecule has 12 heteroatoms. The first-order valence-electron chi connectivity index (χ1n) is 12.6. The van der Waals surface area contributed by atoms with Gasteiger partial charge in [-0.05, 0) is 63.4 Å². The van der Waals surface area contributed by atoms with Crippen LogP contribution in [0.15, 0.2) is 29.2 Å². The minimum Gasteiger partial charge on any atom is -0.481 e. The van der Waals surface area contributed by atoms with Gasteiger partial charge in [-0.25, -0.2) is 18.4 Å². The Labute approximate surface area is 217 Å². The van der Waals surface area contributed by atoms with Crippen molar-refractivity contribution in [2.75, 3.05) is 49.9 Å². The molecule has 0 spiro atoms. The highest BCUT2D eigenvalue weighted by Crippen LogP contribution is 2.30. The monoisotopic (exact) mass is 530 g/mol. The molecule has 1 amide bonds. The Bertz CT molecular complexity index is 1260. The van der Waals surface area contributed by atoms with E-state index >= 15 is 0 Å². The van der Waals surface area contributed by atoms with Gasteiger partial charge < -0.3 is 15.7 Å². The number of aliphatic carboxylic acids is 1. The van der Waals surface area contributed by atoms with Gasteiger partial charge in [0.2, 0.25) is 15.9 Å². The maximum atomic E-state index is 13.6. The smallest absolute Gasteiger partial charge is 0.307 e. The maximum absolute atomic E-state index is 13.6. The van der Waals surface area contributed by atoms with Gasteiger partial charge in [-0.1, -0.05) is 12.1 Å². The summed E-state index contributed by atoms with van der Waals surface area (Å²) in [6.45, 7) is 5.34. The number of aromatic nitrogens is 2. The van der Waals surface area contributed by atoms with E-state index in [4.69, 9.17) is 10.8 Å². The Kier molecular flexibility index (Phi) is 8.40. The zero-order chi connectivity index (χ0) is 26.6. The average Bonchev–Trinajstić information content (AvgIpc) is 3.46. The van der Waals surface area contributed by atoms with Crippen LogP contribution in [0.5, 0.6) is 0 Å². The number of benzene rings is 1. The number of fused-ring (bicyclic) bond motifs is 1. The van der Waals surface area contributed by atoms with Gasteiger partial charge in [-0.3, -0.25) is 14.5 Å². The number of nitrogens with zero attached hydrogens (tertiary/aromatic N) is 5. The molecule has 2 aromatic rings. The van der Waals surface area contributed by atoms with Crippen LogP contribution in [0.1, 0.15) is 42.6 Å². The van der Waals surface area contributed by atoms with Crippen molar-refractivity contribution in [3.63, 3.8) is 0 Å². The summed E-state index contributed by atoms with van der Waals surface area (Å²) in [4.78, 5) is 36.2. The molecule has 4 rings (SSSR count). The molecule has 1 saturated heterocycles. The second-order valence-corrected chi connectivity index (χ2v) is 11.5. The van der Waals surface area contributed by atoms with Gasteiger partial charge in [0, 0.05) is 31.7 Å². The molecule has 2 aliphatic rings. The van der Waals surface area contributed by atoms with Crippen LogP contribution < -0.4 is 10.6 Å². The normalized spacial score (nSPS) is 16.1. The van der Waals surface area contributed by atoms with Gasteiger partial charge in [0.05, 0.1) is 17.7 Å². The molecule has 3 N–H and O–H groups in total. The van der Waals surface area contributed by atoms with Gasteiger partial charge in [-0.15, -0.1) is 0 Å². The van der Waals surface area contributed by atoms with Gasteiger partial charge in [0.25, 0.3) is 0 Å². The Morgan fingerprint density at radius 3 is 2.62 bits per heavy atom. The highest BCUT2D eigenvalue weighted by atomic mass is 32.2. The van der Waals surface area contributed by atoms with Crippen molar-refractivity contribution in [2.24, 2.45) is 0 Å². The number of carbonyl (C=O) groups excluding carboxylic acids is 1. The van der Waals surface area contributed by atoms with Gasteiger partial charge in [-0.2, -0.15) is 4.31 Å². The number of rotatable bonds is 12. The molecule has 1 fully saturated rings. The van der Waals surface area contributed by atoms with Gasteiger partial charge >= 0.3 is 5.97 Å². The lowest BCUT2D eigenvalue weighted by Crippen LogP contribution is -2.39. The summed E-state index contributed by atoms with van der Waals surface area (Å²) in [5, 5.41) is 9.11. The number of carboxylic acids is 1. The Morgan fingerprint density at radius 2 is 1.89 bits per heavy atom. The molecule has 37 heavy (non-hydrogen) atoms. The van der Waals surface area contributed by atoms with E-state index in [0.717, 1.165) is 25.9 Å². The molecule has 3 heterocycles. The van der Waals surface area contributed by atoms with Crippen molar-refractivity contribution < 1.29 is 23.1 Å². The van der Waals surface area contributed by atoms with Crippen LogP contribution in [0, 0.1) is 6.92 Å². The van der Waals surface area contributed by atoms with E-state index in [-0.39, 0.29) is 23.6 Å². The van der Waals surface area contributed by atoms with Crippen LogP contribution in [0.25, 0.3) is 0 Å². The molecule has 11 nitrogen and oxygen atoms in total. The lowest BCUT2D eigenvalue weighted by Gasteiger charge is -2.25. The van der Waals surface area contributed by atoms with E-state index in [1.54, 1.807) is 24.0 Å². The number of anilines is 2. The standard InChI is InChI=1S/C25H34N6O5S/c1-18-27-24(26)21-17-22(32)31(25(21)28-18)12-5-4-11-30(14-13-29-9-2-3-10-29)37(35,36)20-8-6-7-19(15-20)16-23(33)34/h6-8,15H,2-5,9-14,16-17H2,1H3,(H,33,34)(H2,26,27,28). The van der Waals surface area contributed by atoms with Crippen molar-refractivity contribution in [3.8, 4) is 0 Å². The number of nitrogens with two attached hydrogens (primary N) is 1. The molecular weight excluding hydrogens is 496 g/mol. The minimum atomic E-state index is -3.83. The van der Waals surface area contributed by atoms with Crippen molar-refractivity contribution in [1.29, 1.82) is 0 Å². The van der Waals surface area contributed by atoms with Crippen molar-refractivity contribution in [2.45, 2.75) is 50.3 Å². The summed E-state index contributed by atoms with van der Waals surface area (Å²) >= 11 is 0. The van der Waals surface area contributed by atoms with Crippen molar-refractivity contribution >= 4 is 33.5 Å². The van der Waals surface area contributed by atoms with Crippen LogP contribution in [0.3, 0.4) is 0 Å². The molecule has 0 atom stereocenters. The third-order valence-electron chi connectivity index (χ3n) is 6.81. The summed E-state index contributed by atoms with van der Waals surface area (Å²) in [5.74, 6) is 0.266. The molecule has 0 aliphatic carbocycles. The number of carboxylic acid groups (broad SMARTS) is 1. The topological polar surface area (TPSA) is 150 Å². The SMILES string of the molecule is Cc1nc(N)c2c(n1)N(CCCCN(CCN1CCCC1)S(=O)(=O)c1cccc(CC(=O)O)c1)C(=O)C2. The van der Waals surface area contributed by atoms with E-state index < -0.39 is 16.0 Å². The first-order valence-corrected chi connectivity index (χ1v) is 14.1. The van der Waals surface area contributed by atoms with Gasteiger partial charge in [0.15, 0.2) is 0 Å². The molecule has 0 unspecified atom stereocenters. The fourth-order valence-electron chi connectivity index (χ4n) is 4.90. The number of carbonyl (C=O) groups is 2. The van der Waals surface area contributed by atoms with Crippen molar-refractivity contribution in [3.05, 3.63) is 41.2 Å². The van der Waals surface area contributed by atoms with Crippen LogP contribution in [-0.4, -0.2) is 83.8 Å². The van der Waals surface area contributed by atoms with Crippen LogP contribution in [0.4, 0.5) is 11.6 Å². The van der Waals surface area contributed by atoms with E-state index in [1.165, 1.54) is 16.4 Å². The Hall–Kier alpha value is -3.09. The molecule has 200 valence electrons. The zero-order valence-corrected chi connectivity index (χ0v) is 21.9. The molecule has 0 radical (unpaired) electrons. The molecule has 1 aromatic carbocycles. The summed E-state index contributed by atoms with van der Waals surface area (Å²) in [6.07, 6.45) is 3.29.